The van der Waals surface area contributed by atoms with Crippen molar-refractivity contribution in [2.75, 3.05) is 25.2 Å². The first-order valence-electron chi connectivity index (χ1n) is 4.91. The third-order valence-corrected chi connectivity index (χ3v) is 4.56. The van der Waals surface area contributed by atoms with Crippen molar-refractivity contribution in [3.63, 3.8) is 0 Å². The Kier molecular flexibility index (Phi) is 3.72. The van der Waals surface area contributed by atoms with E-state index in [1.54, 1.807) is 6.92 Å². The van der Waals surface area contributed by atoms with Crippen LogP contribution in [0.25, 0.3) is 0 Å². The Labute approximate surface area is 90.3 Å². The highest BCUT2D eigenvalue weighted by Crippen LogP contribution is 2.15. The highest BCUT2D eigenvalue weighted by molar-refractivity contribution is 7.91. The molecule has 1 aliphatic rings. The number of rotatable bonds is 2. The lowest BCUT2D eigenvalue weighted by atomic mass is 10.2. The molecule has 0 aromatic heterocycles. The maximum absolute atomic E-state index is 11.3. The van der Waals surface area contributed by atoms with E-state index in [2.05, 4.69) is 4.74 Å². The summed E-state index contributed by atoms with van der Waals surface area (Å²) in [6.45, 7) is 3.95. The van der Waals surface area contributed by atoms with Crippen LogP contribution >= 0.6 is 0 Å². The fraction of sp³-hybridized carbons (Fsp3) is 0.889. The van der Waals surface area contributed by atoms with Gasteiger partial charge in [0, 0.05) is 12.6 Å². The molecule has 0 saturated carbocycles. The van der Waals surface area contributed by atoms with Crippen molar-refractivity contribution in [2.24, 2.45) is 0 Å². The zero-order chi connectivity index (χ0) is 11.6. The molecule has 0 N–H and O–H groups in total. The molecule has 0 amide bonds. The molecule has 1 heterocycles. The van der Waals surface area contributed by atoms with Crippen LogP contribution in [0.3, 0.4) is 0 Å². The van der Waals surface area contributed by atoms with Crippen LogP contribution in [0.5, 0.6) is 0 Å². The van der Waals surface area contributed by atoms with Gasteiger partial charge in [-0.1, -0.05) is 0 Å². The van der Waals surface area contributed by atoms with E-state index in [-0.39, 0.29) is 29.6 Å². The Bertz CT molecular complexity index is 338. The van der Waals surface area contributed by atoms with Gasteiger partial charge in [0.2, 0.25) is 0 Å². The third-order valence-electron chi connectivity index (χ3n) is 2.76. The maximum atomic E-state index is 11.3. The molecule has 15 heavy (non-hydrogen) atoms. The average Bonchev–Trinajstić information content (AvgIpc) is 2.14. The fourth-order valence-corrected chi connectivity index (χ4v) is 3.47. The van der Waals surface area contributed by atoms with Gasteiger partial charge < -0.3 is 4.74 Å². The summed E-state index contributed by atoms with van der Waals surface area (Å²) in [7, 11) is -1.59. The average molecular weight is 235 g/mol. The minimum absolute atomic E-state index is 0.119. The number of nitrogens with zero attached hydrogens (tertiary/aromatic N) is 1. The lowest BCUT2D eigenvalue weighted by Crippen LogP contribution is -2.53. The van der Waals surface area contributed by atoms with E-state index in [1.807, 2.05) is 11.8 Å². The molecule has 5 nitrogen and oxygen atoms in total. The number of carbonyl (C=O) groups is 1. The zero-order valence-corrected chi connectivity index (χ0v) is 10.1. The van der Waals surface area contributed by atoms with Gasteiger partial charge in [0.25, 0.3) is 0 Å². The molecule has 0 radical (unpaired) electrons. The highest BCUT2D eigenvalue weighted by atomic mass is 32.2. The third kappa shape index (κ3) is 2.92. The number of methoxy groups -OCH3 is 1. The summed E-state index contributed by atoms with van der Waals surface area (Å²) in [6, 6.07) is -0.502. The predicted molar refractivity (Wildman–Crippen MR) is 56.3 cm³/mol. The van der Waals surface area contributed by atoms with Crippen molar-refractivity contribution in [1.29, 1.82) is 0 Å². The molecule has 1 saturated heterocycles. The molecular formula is C9H17NO4S. The number of esters is 1. The minimum atomic E-state index is -2.92. The van der Waals surface area contributed by atoms with Gasteiger partial charge in [0.05, 0.1) is 18.6 Å². The molecule has 1 aliphatic heterocycles. The van der Waals surface area contributed by atoms with Crippen molar-refractivity contribution >= 4 is 15.8 Å². The molecule has 88 valence electrons. The minimum Gasteiger partial charge on any atom is -0.468 e. The molecule has 0 bridgehead atoms. The van der Waals surface area contributed by atoms with Gasteiger partial charge in [-0.25, -0.2) is 8.42 Å². The lowest BCUT2D eigenvalue weighted by Gasteiger charge is -2.36. The monoisotopic (exact) mass is 235 g/mol. The van der Waals surface area contributed by atoms with E-state index in [1.165, 1.54) is 7.11 Å². The SMILES string of the molecule is COC(=O)C(C)N1CCS(=O)(=O)CC1C. The number of sulfone groups is 1. The van der Waals surface area contributed by atoms with E-state index < -0.39 is 9.84 Å². The number of hydrogen-bond donors (Lipinski definition) is 0. The fourth-order valence-electron chi connectivity index (χ4n) is 1.89. The molecule has 6 heteroatoms. The van der Waals surface area contributed by atoms with Crippen LogP contribution in [-0.4, -0.2) is 56.5 Å². The standard InChI is InChI=1S/C9H17NO4S/c1-7-6-15(12,13)5-4-10(7)8(2)9(11)14-3/h7-8H,4-6H2,1-3H3. The van der Waals surface area contributed by atoms with Crippen molar-refractivity contribution in [1.82, 2.24) is 4.90 Å². The largest absolute Gasteiger partial charge is 0.468 e. The second-order valence-electron chi connectivity index (χ2n) is 3.90. The van der Waals surface area contributed by atoms with Gasteiger partial charge in [-0.3, -0.25) is 9.69 Å². The maximum Gasteiger partial charge on any atom is 0.322 e. The highest BCUT2D eigenvalue weighted by Gasteiger charge is 2.33. The van der Waals surface area contributed by atoms with Gasteiger partial charge in [0.15, 0.2) is 9.84 Å². The van der Waals surface area contributed by atoms with E-state index in [0.717, 1.165) is 0 Å². The van der Waals surface area contributed by atoms with E-state index in [0.29, 0.717) is 6.54 Å². The molecule has 0 aromatic carbocycles. The van der Waals surface area contributed by atoms with Crippen LogP contribution in [-0.2, 0) is 19.4 Å². The van der Waals surface area contributed by atoms with Crippen LogP contribution in [0.2, 0.25) is 0 Å². The Morgan fingerprint density at radius 2 is 2.13 bits per heavy atom. The van der Waals surface area contributed by atoms with Crippen molar-refractivity contribution in [3.05, 3.63) is 0 Å². The lowest BCUT2D eigenvalue weighted by molar-refractivity contribution is -0.147. The van der Waals surface area contributed by atoms with E-state index in [9.17, 15) is 13.2 Å². The van der Waals surface area contributed by atoms with Crippen molar-refractivity contribution < 1.29 is 17.9 Å². The number of hydrogen-bond acceptors (Lipinski definition) is 5. The number of ether oxygens (including phenoxy) is 1. The Balaban J connectivity index is 2.70. The van der Waals surface area contributed by atoms with E-state index in [4.69, 9.17) is 0 Å². The van der Waals surface area contributed by atoms with Gasteiger partial charge in [-0.15, -0.1) is 0 Å². The Morgan fingerprint density at radius 3 is 2.60 bits per heavy atom. The molecule has 2 atom stereocenters. The van der Waals surface area contributed by atoms with E-state index >= 15 is 0 Å². The predicted octanol–water partition coefficient (Wildman–Crippen LogP) is -0.333. The van der Waals surface area contributed by atoms with Gasteiger partial charge in [-0.05, 0) is 13.8 Å². The van der Waals surface area contributed by atoms with Crippen molar-refractivity contribution in [3.8, 4) is 0 Å². The first-order valence-corrected chi connectivity index (χ1v) is 6.73. The molecule has 0 aliphatic carbocycles. The molecule has 1 fully saturated rings. The Morgan fingerprint density at radius 1 is 1.53 bits per heavy atom. The summed E-state index contributed by atoms with van der Waals surface area (Å²) < 4.78 is 27.3. The summed E-state index contributed by atoms with van der Waals surface area (Å²) >= 11 is 0. The van der Waals surface area contributed by atoms with Gasteiger partial charge in [-0.2, -0.15) is 0 Å². The summed E-state index contributed by atoms with van der Waals surface area (Å²) in [5.74, 6) is -0.0753. The Hall–Kier alpha value is -0.620. The number of carbonyl (C=O) groups excluding carboxylic acids is 1. The summed E-state index contributed by atoms with van der Waals surface area (Å²) in [4.78, 5) is 13.2. The smallest absolute Gasteiger partial charge is 0.322 e. The van der Waals surface area contributed by atoms with Crippen LogP contribution in [0.4, 0.5) is 0 Å². The molecule has 0 aromatic rings. The normalized spacial score (nSPS) is 28.3. The van der Waals surface area contributed by atoms with Crippen molar-refractivity contribution in [2.45, 2.75) is 25.9 Å². The molecule has 2 unspecified atom stereocenters. The van der Waals surface area contributed by atoms with Crippen LogP contribution < -0.4 is 0 Å². The molecule has 1 rings (SSSR count). The van der Waals surface area contributed by atoms with Crippen LogP contribution in [0, 0.1) is 0 Å². The quantitative estimate of drug-likeness (QED) is 0.613. The second kappa shape index (κ2) is 4.49. The van der Waals surface area contributed by atoms with Gasteiger partial charge >= 0.3 is 5.97 Å². The van der Waals surface area contributed by atoms with Gasteiger partial charge in [0.1, 0.15) is 6.04 Å². The summed E-state index contributed by atoms with van der Waals surface area (Å²) in [5, 5.41) is 0. The summed E-state index contributed by atoms with van der Waals surface area (Å²) in [6.07, 6.45) is 0. The first-order chi connectivity index (χ1) is 6.87. The first kappa shape index (κ1) is 12.4. The van der Waals surface area contributed by atoms with Crippen LogP contribution in [0.15, 0.2) is 0 Å². The molecule has 0 spiro atoms. The van der Waals surface area contributed by atoms with Crippen LogP contribution in [0.1, 0.15) is 13.8 Å². The zero-order valence-electron chi connectivity index (χ0n) is 9.26. The second-order valence-corrected chi connectivity index (χ2v) is 6.13. The topological polar surface area (TPSA) is 63.7 Å². The summed E-state index contributed by atoms with van der Waals surface area (Å²) in [5.41, 5.74) is 0. The molecular weight excluding hydrogens is 218 g/mol.